The van der Waals surface area contributed by atoms with E-state index >= 15 is 0 Å². The highest BCUT2D eigenvalue weighted by atomic mass is 35.5. The normalized spacial score (nSPS) is 11.9. The van der Waals surface area contributed by atoms with Crippen LogP contribution < -0.4 is 4.74 Å². The summed E-state index contributed by atoms with van der Waals surface area (Å²) in [5.41, 5.74) is -0.421. The van der Waals surface area contributed by atoms with E-state index in [2.05, 4.69) is 0 Å². The standard InChI is InChI=1S/C9H7ClFNO5/c10-6(9(13)14)4-17-8-2-1-5(12(15)16)3-7(8)11/h1-3,6H,4H2,(H,13,14). The molecule has 0 aliphatic heterocycles. The number of hydrogen-bond acceptors (Lipinski definition) is 4. The van der Waals surface area contributed by atoms with Crippen LogP contribution in [0.1, 0.15) is 0 Å². The molecule has 8 heteroatoms. The average Bonchev–Trinajstić information content (AvgIpc) is 2.26. The zero-order chi connectivity index (χ0) is 13.0. The topological polar surface area (TPSA) is 89.7 Å². The number of carboxylic acid groups (broad SMARTS) is 1. The van der Waals surface area contributed by atoms with Gasteiger partial charge in [-0.3, -0.25) is 14.9 Å². The molecule has 0 amide bonds. The van der Waals surface area contributed by atoms with Crippen molar-refractivity contribution in [1.82, 2.24) is 0 Å². The van der Waals surface area contributed by atoms with Gasteiger partial charge < -0.3 is 9.84 Å². The van der Waals surface area contributed by atoms with Gasteiger partial charge in [0, 0.05) is 6.07 Å². The van der Waals surface area contributed by atoms with Gasteiger partial charge in [0.25, 0.3) is 5.69 Å². The zero-order valence-corrected chi connectivity index (χ0v) is 9.06. The monoisotopic (exact) mass is 263 g/mol. The Morgan fingerprint density at radius 1 is 1.65 bits per heavy atom. The quantitative estimate of drug-likeness (QED) is 0.497. The van der Waals surface area contributed by atoms with Crippen LogP contribution in [0.3, 0.4) is 0 Å². The average molecular weight is 264 g/mol. The third kappa shape index (κ3) is 3.56. The molecule has 6 nitrogen and oxygen atoms in total. The molecule has 0 heterocycles. The lowest BCUT2D eigenvalue weighted by Gasteiger charge is -2.08. The minimum atomic E-state index is -1.32. The fourth-order valence-electron chi connectivity index (χ4n) is 0.955. The van der Waals surface area contributed by atoms with E-state index in [0.717, 1.165) is 12.1 Å². The molecule has 0 bridgehead atoms. The molecule has 1 N–H and O–H groups in total. The Bertz CT molecular complexity index is 453. The van der Waals surface area contributed by atoms with Crippen LogP contribution in [0, 0.1) is 15.9 Å². The van der Waals surface area contributed by atoms with E-state index in [1.807, 2.05) is 0 Å². The highest BCUT2D eigenvalue weighted by molar-refractivity contribution is 6.29. The maximum atomic E-state index is 13.2. The molecule has 0 saturated carbocycles. The van der Waals surface area contributed by atoms with Crippen molar-refractivity contribution >= 4 is 23.3 Å². The molecule has 0 radical (unpaired) electrons. The second-order valence-corrected chi connectivity index (χ2v) is 3.52. The molecule has 1 aromatic rings. The first-order valence-corrected chi connectivity index (χ1v) is 4.79. The Hall–Kier alpha value is -1.89. The summed E-state index contributed by atoms with van der Waals surface area (Å²) >= 11 is 5.34. The van der Waals surface area contributed by atoms with Gasteiger partial charge in [0.05, 0.1) is 11.0 Å². The summed E-state index contributed by atoms with van der Waals surface area (Å²) in [6.07, 6.45) is 0. The van der Waals surface area contributed by atoms with Crippen LogP contribution in [0.4, 0.5) is 10.1 Å². The molecule has 1 rings (SSSR count). The van der Waals surface area contributed by atoms with E-state index in [1.54, 1.807) is 0 Å². The number of nitro groups is 1. The number of carbonyl (C=O) groups is 1. The van der Waals surface area contributed by atoms with Gasteiger partial charge in [-0.15, -0.1) is 11.6 Å². The Kier molecular flexibility index (Phi) is 4.22. The van der Waals surface area contributed by atoms with Crippen LogP contribution in [-0.2, 0) is 4.79 Å². The van der Waals surface area contributed by atoms with Gasteiger partial charge >= 0.3 is 5.97 Å². The molecular weight excluding hydrogens is 257 g/mol. The largest absolute Gasteiger partial charge is 0.488 e. The van der Waals surface area contributed by atoms with Gasteiger partial charge in [-0.1, -0.05) is 0 Å². The molecule has 92 valence electrons. The van der Waals surface area contributed by atoms with Gasteiger partial charge in [0.1, 0.15) is 6.61 Å². The van der Waals surface area contributed by atoms with Crippen LogP contribution >= 0.6 is 11.6 Å². The maximum Gasteiger partial charge on any atom is 0.325 e. The summed E-state index contributed by atoms with van der Waals surface area (Å²) in [6, 6.07) is 2.76. The van der Waals surface area contributed by atoms with Crippen molar-refractivity contribution in [3.05, 3.63) is 34.1 Å². The van der Waals surface area contributed by atoms with Gasteiger partial charge in [0.2, 0.25) is 0 Å². The summed E-state index contributed by atoms with van der Waals surface area (Å²) in [5, 5.41) is 17.5. The minimum Gasteiger partial charge on any atom is -0.488 e. The summed E-state index contributed by atoms with van der Waals surface area (Å²) in [6.45, 7) is -0.439. The van der Waals surface area contributed by atoms with Gasteiger partial charge in [-0.05, 0) is 6.07 Å². The van der Waals surface area contributed by atoms with Crippen molar-refractivity contribution in [1.29, 1.82) is 0 Å². The van der Waals surface area contributed by atoms with Crippen molar-refractivity contribution in [2.24, 2.45) is 0 Å². The molecule has 0 spiro atoms. The highest BCUT2D eigenvalue weighted by Gasteiger charge is 2.17. The maximum absolute atomic E-state index is 13.2. The van der Waals surface area contributed by atoms with Crippen LogP contribution in [-0.4, -0.2) is 28.0 Å². The molecular formula is C9H7ClFNO5. The number of ether oxygens (including phenoxy) is 1. The third-order valence-corrected chi connectivity index (χ3v) is 2.09. The van der Waals surface area contributed by atoms with Crippen LogP contribution in [0.15, 0.2) is 18.2 Å². The van der Waals surface area contributed by atoms with Crippen LogP contribution in [0.5, 0.6) is 5.75 Å². The third-order valence-electron chi connectivity index (χ3n) is 1.78. The van der Waals surface area contributed by atoms with Gasteiger partial charge in [0.15, 0.2) is 16.9 Å². The molecule has 0 aliphatic rings. The zero-order valence-electron chi connectivity index (χ0n) is 8.30. The molecule has 0 aliphatic carbocycles. The molecule has 1 aromatic carbocycles. The fourth-order valence-corrected chi connectivity index (χ4v) is 1.02. The molecule has 1 atom stereocenters. The first kappa shape index (κ1) is 13.2. The second-order valence-electron chi connectivity index (χ2n) is 2.99. The molecule has 1 unspecified atom stereocenters. The number of rotatable bonds is 5. The summed E-state index contributed by atoms with van der Waals surface area (Å²) in [5.74, 6) is -2.54. The molecule has 0 fully saturated rings. The van der Waals surface area contributed by atoms with Crippen molar-refractivity contribution in [3.63, 3.8) is 0 Å². The van der Waals surface area contributed by atoms with Crippen LogP contribution in [0.25, 0.3) is 0 Å². The number of carboxylic acids is 1. The van der Waals surface area contributed by atoms with E-state index in [4.69, 9.17) is 21.4 Å². The lowest BCUT2D eigenvalue weighted by molar-refractivity contribution is -0.385. The molecule has 17 heavy (non-hydrogen) atoms. The van der Waals surface area contributed by atoms with Gasteiger partial charge in [-0.25, -0.2) is 4.39 Å². The van der Waals surface area contributed by atoms with E-state index in [9.17, 15) is 19.3 Å². The second kappa shape index (κ2) is 5.44. The molecule has 0 saturated heterocycles. The molecule has 0 aromatic heterocycles. The van der Waals surface area contributed by atoms with Gasteiger partial charge in [-0.2, -0.15) is 0 Å². The Morgan fingerprint density at radius 3 is 2.76 bits per heavy atom. The van der Waals surface area contributed by atoms with Crippen molar-refractivity contribution in [2.75, 3.05) is 6.61 Å². The summed E-state index contributed by atoms with van der Waals surface area (Å²) < 4.78 is 18.0. The Balaban J connectivity index is 2.73. The van der Waals surface area contributed by atoms with Crippen molar-refractivity contribution < 1.29 is 24.0 Å². The SMILES string of the molecule is O=C(O)C(Cl)COc1ccc([N+](=O)[O-])cc1F. The smallest absolute Gasteiger partial charge is 0.325 e. The summed E-state index contributed by atoms with van der Waals surface area (Å²) in [7, 11) is 0. The first-order chi connectivity index (χ1) is 7.91. The van der Waals surface area contributed by atoms with E-state index in [-0.39, 0.29) is 5.75 Å². The number of nitrogens with zero attached hydrogens (tertiary/aromatic N) is 1. The van der Waals surface area contributed by atoms with E-state index in [0.29, 0.717) is 6.07 Å². The fraction of sp³-hybridized carbons (Fsp3) is 0.222. The van der Waals surface area contributed by atoms with Crippen molar-refractivity contribution in [2.45, 2.75) is 5.38 Å². The highest BCUT2D eigenvalue weighted by Crippen LogP contribution is 2.22. The first-order valence-electron chi connectivity index (χ1n) is 4.35. The number of alkyl halides is 1. The lowest BCUT2D eigenvalue weighted by Crippen LogP contribution is -2.21. The Morgan fingerprint density at radius 2 is 2.29 bits per heavy atom. The van der Waals surface area contributed by atoms with E-state index < -0.39 is 34.4 Å². The van der Waals surface area contributed by atoms with E-state index in [1.165, 1.54) is 0 Å². The number of benzene rings is 1. The summed E-state index contributed by atoms with van der Waals surface area (Å²) in [4.78, 5) is 19.9. The Labute approximate surface area is 99.7 Å². The minimum absolute atomic E-state index is 0.289. The number of hydrogen-bond donors (Lipinski definition) is 1. The van der Waals surface area contributed by atoms with Crippen molar-refractivity contribution in [3.8, 4) is 5.75 Å². The number of aliphatic carboxylic acids is 1. The predicted molar refractivity (Wildman–Crippen MR) is 55.8 cm³/mol. The number of halogens is 2. The predicted octanol–water partition coefficient (Wildman–Crippen LogP) is 1.80. The number of non-ortho nitro benzene ring substituents is 1. The van der Waals surface area contributed by atoms with Crippen LogP contribution in [0.2, 0.25) is 0 Å². The number of nitro benzene ring substituents is 1. The lowest BCUT2D eigenvalue weighted by atomic mass is 10.3.